The fourth-order valence-electron chi connectivity index (χ4n) is 3.54. The SMILES string of the molecule is CN1CCC(Cn2cc(/C=C/C(=O)Nc3ccccc3NC(=O)OC(C)(C)C)cn2)CC1. The molecule has 0 aliphatic carbocycles. The van der Waals surface area contributed by atoms with Crippen LogP contribution in [0.5, 0.6) is 0 Å². The molecular formula is C24H33N5O3. The first-order chi connectivity index (χ1) is 15.2. The number of likely N-dealkylation sites (tertiary alicyclic amines) is 1. The maximum absolute atomic E-state index is 12.4. The van der Waals surface area contributed by atoms with E-state index in [1.165, 1.54) is 18.9 Å². The van der Waals surface area contributed by atoms with Crippen LogP contribution in [-0.2, 0) is 16.1 Å². The van der Waals surface area contributed by atoms with Crippen molar-refractivity contribution in [1.29, 1.82) is 0 Å². The highest BCUT2D eigenvalue weighted by Gasteiger charge is 2.18. The van der Waals surface area contributed by atoms with E-state index < -0.39 is 11.7 Å². The summed E-state index contributed by atoms with van der Waals surface area (Å²) in [6.07, 6.45) is 8.70. The van der Waals surface area contributed by atoms with Crippen LogP contribution in [0.15, 0.2) is 42.7 Å². The van der Waals surface area contributed by atoms with Gasteiger partial charge in [-0.05, 0) is 77.9 Å². The average Bonchev–Trinajstić information content (AvgIpc) is 3.16. The Morgan fingerprint density at radius 2 is 1.81 bits per heavy atom. The third-order valence-electron chi connectivity index (χ3n) is 5.18. The van der Waals surface area contributed by atoms with E-state index in [4.69, 9.17) is 4.74 Å². The van der Waals surface area contributed by atoms with Crippen molar-refractivity contribution in [3.05, 3.63) is 48.3 Å². The molecule has 2 amide bonds. The molecule has 1 aromatic carbocycles. The number of benzene rings is 1. The quantitative estimate of drug-likeness (QED) is 0.658. The molecule has 3 rings (SSSR count). The van der Waals surface area contributed by atoms with E-state index in [1.54, 1.807) is 57.3 Å². The van der Waals surface area contributed by atoms with Crippen molar-refractivity contribution in [3.63, 3.8) is 0 Å². The van der Waals surface area contributed by atoms with E-state index in [1.807, 2.05) is 10.9 Å². The minimum absolute atomic E-state index is 0.300. The number of hydrogen-bond donors (Lipinski definition) is 2. The van der Waals surface area contributed by atoms with Crippen LogP contribution in [-0.4, -0.2) is 52.4 Å². The smallest absolute Gasteiger partial charge is 0.412 e. The second kappa shape index (κ2) is 10.5. The van der Waals surface area contributed by atoms with Gasteiger partial charge in [0.15, 0.2) is 0 Å². The summed E-state index contributed by atoms with van der Waals surface area (Å²) in [5.74, 6) is 0.340. The molecule has 0 radical (unpaired) electrons. The maximum atomic E-state index is 12.4. The van der Waals surface area contributed by atoms with Gasteiger partial charge in [-0.2, -0.15) is 5.10 Å². The van der Waals surface area contributed by atoms with Crippen LogP contribution in [0, 0.1) is 5.92 Å². The molecule has 0 spiro atoms. The summed E-state index contributed by atoms with van der Waals surface area (Å²) in [6, 6.07) is 6.98. The zero-order valence-corrected chi connectivity index (χ0v) is 19.3. The van der Waals surface area contributed by atoms with Gasteiger partial charge in [0.05, 0.1) is 17.6 Å². The second-order valence-corrected chi connectivity index (χ2v) is 9.24. The molecule has 1 aromatic heterocycles. The molecule has 0 atom stereocenters. The van der Waals surface area contributed by atoms with E-state index in [0.717, 1.165) is 25.2 Å². The van der Waals surface area contributed by atoms with E-state index in [-0.39, 0.29) is 5.91 Å². The van der Waals surface area contributed by atoms with Crippen LogP contribution >= 0.6 is 0 Å². The Bertz CT molecular complexity index is 953. The zero-order chi connectivity index (χ0) is 23.1. The molecule has 1 fully saturated rings. The normalized spacial score (nSPS) is 15.6. The summed E-state index contributed by atoms with van der Waals surface area (Å²) in [4.78, 5) is 26.9. The number of anilines is 2. The molecule has 2 N–H and O–H groups in total. The van der Waals surface area contributed by atoms with Crippen LogP contribution in [0.4, 0.5) is 16.2 Å². The van der Waals surface area contributed by atoms with Crippen molar-refractivity contribution in [2.75, 3.05) is 30.8 Å². The number of nitrogens with zero attached hydrogens (tertiary/aromatic N) is 3. The van der Waals surface area contributed by atoms with Gasteiger partial charge in [-0.15, -0.1) is 0 Å². The van der Waals surface area contributed by atoms with Crippen molar-refractivity contribution >= 4 is 29.5 Å². The fraction of sp³-hybridized carbons (Fsp3) is 0.458. The summed E-state index contributed by atoms with van der Waals surface area (Å²) in [6.45, 7) is 8.53. The Morgan fingerprint density at radius 3 is 2.47 bits per heavy atom. The lowest BCUT2D eigenvalue weighted by molar-refractivity contribution is -0.111. The summed E-state index contributed by atoms with van der Waals surface area (Å²) in [7, 11) is 2.16. The summed E-state index contributed by atoms with van der Waals surface area (Å²) < 4.78 is 7.23. The van der Waals surface area contributed by atoms with Crippen molar-refractivity contribution in [3.8, 4) is 0 Å². The van der Waals surface area contributed by atoms with E-state index in [0.29, 0.717) is 17.3 Å². The van der Waals surface area contributed by atoms with Gasteiger partial charge >= 0.3 is 6.09 Å². The number of nitrogens with one attached hydrogen (secondary N) is 2. The number of piperidine rings is 1. The minimum atomic E-state index is -0.608. The number of ether oxygens (including phenoxy) is 1. The van der Waals surface area contributed by atoms with Gasteiger partial charge in [0.25, 0.3) is 0 Å². The molecule has 172 valence electrons. The molecule has 8 nitrogen and oxygen atoms in total. The summed E-state index contributed by atoms with van der Waals surface area (Å²) in [5.41, 5.74) is 1.22. The Balaban J connectivity index is 1.55. The average molecular weight is 440 g/mol. The minimum Gasteiger partial charge on any atom is -0.444 e. The van der Waals surface area contributed by atoms with Crippen LogP contribution in [0.2, 0.25) is 0 Å². The van der Waals surface area contributed by atoms with Crippen molar-refractivity contribution in [1.82, 2.24) is 14.7 Å². The predicted octanol–water partition coefficient (Wildman–Crippen LogP) is 4.22. The van der Waals surface area contributed by atoms with Gasteiger partial charge in [0, 0.05) is 24.4 Å². The van der Waals surface area contributed by atoms with E-state index in [2.05, 4.69) is 27.7 Å². The second-order valence-electron chi connectivity index (χ2n) is 9.24. The molecule has 0 unspecified atom stereocenters. The molecule has 2 heterocycles. The largest absolute Gasteiger partial charge is 0.444 e. The van der Waals surface area contributed by atoms with Crippen LogP contribution in [0.1, 0.15) is 39.2 Å². The molecule has 1 aliphatic heterocycles. The van der Waals surface area contributed by atoms with Gasteiger partial charge in [-0.3, -0.25) is 14.8 Å². The van der Waals surface area contributed by atoms with E-state index >= 15 is 0 Å². The monoisotopic (exact) mass is 439 g/mol. The maximum Gasteiger partial charge on any atom is 0.412 e. The standard InChI is InChI=1S/C24H33N5O3/c1-24(2,3)32-23(31)27-21-8-6-5-7-20(21)26-22(30)10-9-19-15-25-29(17-19)16-18-11-13-28(4)14-12-18/h5-10,15,17-18H,11-14,16H2,1-4H3,(H,26,30)(H,27,31)/b10-9+. The van der Waals surface area contributed by atoms with Crippen molar-refractivity contribution < 1.29 is 14.3 Å². The topological polar surface area (TPSA) is 88.5 Å². The molecule has 0 bridgehead atoms. The molecule has 8 heteroatoms. The van der Waals surface area contributed by atoms with E-state index in [9.17, 15) is 9.59 Å². The number of carbonyl (C=O) groups is 2. The lowest BCUT2D eigenvalue weighted by Gasteiger charge is -2.28. The summed E-state index contributed by atoms with van der Waals surface area (Å²) in [5, 5.41) is 9.90. The highest BCUT2D eigenvalue weighted by atomic mass is 16.6. The van der Waals surface area contributed by atoms with Crippen molar-refractivity contribution in [2.45, 2.75) is 45.8 Å². The lowest BCUT2D eigenvalue weighted by atomic mass is 9.97. The Morgan fingerprint density at radius 1 is 1.16 bits per heavy atom. The number of carbonyl (C=O) groups excluding carboxylic acids is 2. The predicted molar refractivity (Wildman–Crippen MR) is 126 cm³/mol. The Kier molecular flexibility index (Phi) is 7.69. The number of para-hydroxylation sites is 2. The lowest BCUT2D eigenvalue weighted by Crippen LogP contribution is -2.31. The van der Waals surface area contributed by atoms with Crippen LogP contribution < -0.4 is 10.6 Å². The third-order valence-corrected chi connectivity index (χ3v) is 5.18. The Hall–Kier alpha value is -3.13. The number of rotatable bonds is 6. The first-order valence-corrected chi connectivity index (χ1v) is 11.0. The molecule has 32 heavy (non-hydrogen) atoms. The first kappa shape index (κ1) is 23.5. The van der Waals surface area contributed by atoms with Gasteiger partial charge in [0.1, 0.15) is 5.60 Å². The van der Waals surface area contributed by atoms with Gasteiger partial charge < -0.3 is 15.0 Å². The zero-order valence-electron chi connectivity index (χ0n) is 19.3. The highest BCUT2D eigenvalue weighted by Crippen LogP contribution is 2.22. The van der Waals surface area contributed by atoms with Gasteiger partial charge in [-0.1, -0.05) is 12.1 Å². The molecule has 2 aromatic rings. The Labute approximate surface area is 189 Å². The molecule has 0 saturated carbocycles. The highest BCUT2D eigenvalue weighted by molar-refractivity contribution is 6.04. The van der Waals surface area contributed by atoms with Crippen molar-refractivity contribution in [2.24, 2.45) is 5.92 Å². The van der Waals surface area contributed by atoms with Gasteiger partial charge in [-0.25, -0.2) is 4.79 Å². The molecular weight excluding hydrogens is 406 g/mol. The number of hydrogen-bond acceptors (Lipinski definition) is 5. The van der Waals surface area contributed by atoms with Crippen LogP contribution in [0.25, 0.3) is 6.08 Å². The van der Waals surface area contributed by atoms with Gasteiger partial charge in [0.2, 0.25) is 5.91 Å². The fourth-order valence-corrected chi connectivity index (χ4v) is 3.54. The third kappa shape index (κ3) is 7.53. The summed E-state index contributed by atoms with van der Waals surface area (Å²) >= 11 is 0. The first-order valence-electron chi connectivity index (χ1n) is 11.0. The number of aromatic nitrogens is 2. The molecule has 1 aliphatic rings. The number of amides is 2. The van der Waals surface area contributed by atoms with Crippen LogP contribution in [0.3, 0.4) is 0 Å². The molecule has 1 saturated heterocycles.